The quantitative estimate of drug-likeness (QED) is 0.205. The molecule has 1 spiro atoms. The first kappa shape index (κ1) is 29.3. The average molecular weight is 582 g/mol. The Kier molecular flexibility index (Phi) is 8.56. The SMILES string of the molecule is C=CCCOC(=O)[C@H]1[C@H]2C(=O)N(CCCCCO)C(C(=O)N(CC=C)Cn3nnc4ccccc43)C23CC[C@]1(C)S3. The second kappa shape index (κ2) is 12.0. The van der Waals surface area contributed by atoms with Gasteiger partial charge in [0.1, 0.15) is 18.2 Å². The number of benzene rings is 1. The summed E-state index contributed by atoms with van der Waals surface area (Å²) in [5.74, 6) is -1.96. The third-order valence-electron chi connectivity index (χ3n) is 8.77. The number of esters is 1. The van der Waals surface area contributed by atoms with Crippen molar-refractivity contribution >= 4 is 40.6 Å². The first-order chi connectivity index (χ1) is 19.8. The third kappa shape index (κ3) is 5.07. The molecule has 2 aromatic rings. The van der Waals surface area contributed by atoms with Gasteiger partial charge in [-0.05, 0) is 57.6 Å². The summed E-state index contributed by atoms with van der Waals surface area (Å²) >= 11 is 1.63. The Morgan fingerprint density at radius 2 is 2.02 bits per heavy atom. The Morgan fingerprint density at radius 1 is 1.22 bits per heavy atom. The molecule has 1 N–H and O–H groups in total. The Morgan fingerprint density at radius 3 is 2.78 bits per heavy atom. The first-order valence-corrected chi connectivity index (χ1v) is 15.2. The van der Waals surface area contributed by atoms with Crippen LogP contribution in [-0.4, -0.2) is 89.5 Å². The van der Waals surface area contributed by atoms with Gasteiger partial charge in [-0.25, -0.2) is 4.68 Å². The minimum atomic E-state index is -0.735. The van der Waals surface area contributed by atoms with E-state index in [1.165, 1.54) is 0 Å². The Labute approximate surface area is 244 Å². The van der Waals surface area contributed by atoms with E-state index in [0.29, 0.717) is 32.2 Å². The molecule has 3 saturated heterocycles. The van der Waals surface area contributed by atoms with Crippen LogP contribution in [-0.2, 0) is 25.8 Å². The second-order valence-corrected chi connectivity index (χ2v) is 13.3. The van der Waals surface area contributed by atoms with Gasteiger partial charge in [0, 0.05) is 24.4 Å². The number of hydrogen-bond acceptors (Lipinski definition) is 8. The van der Waals surface area contributed by atoms with Crippen LogP contribution in [0.25, 0.3) is 11.0 Å². The topological polar surface area (TPSA) is 118 Å². The minimum absolute atomic E-state index is 0.0780. The van der Waals surface area contributed by atoms with Gasteiger partial charge in [0.2, 0.25) is 11.8 Å². The molecule has 0 aliphatic carbocycles. The summed E-state index contributed by atoms with van der Waals surface area (Å²) < 4.78 is 6.10. The van der Waals surface area contributed by atoms with Crippen molar-refractivity contribution in [1.82, 2.24) is 24.8 Å². The standard InChI is InChI=1S/C30H39N5O5S/c1-4-6-19-40-28(39)24-23-26(37)34(17-10-7-11-18-36)25(30(23)15-14-29(24,3)41-30)27(38)33(16-5-2)20-35-22-13-9-8-12-21(22)31-32-35/h4-5,8-9,12-13,23-25,36H,1-2,6-7,10-11,14-20H2,3H3/t23-,24+,25?,29-,30?/m0/s1. The molecule has 4 heterocycles. The van der Waals surface area contributed by atoms with E-state index < -0.39 is 27.4 Å². The largest absolute Gasteiger partial charge is 0.465 e. The normalized spacial score (nSPS) is 28.2. The summed E-state index contributed by atoms with van der Waals surface area (Å²) in [5, 5.41) is 17.8. The zero-order chi connectivity index (χ0) is 29.2. The minimum Gasteiger partial charge on any atom is -0.465 e. The smallest absolute Gasteiger partial charge is 0.311 e. The van der Waals surface area contributed by atoms with Crippen LogP contribution in [0.5, 0.6) is 0 Å². The predicted molar refractivity (Wildman–Crippen MR) is 157 cm³/mol. The molecule has 0 radical (unpaired) electrons. The average Bonchev–Trinajstić information content (AvgIpc) is 3.66. The number of rotatable bonds is 14. The molecule has 3 aliphatic heterocycles. The number of thioether (sulfide) groups is 1. The van der Waals surface area contributed by atoms with Crippen LogP contribution in [0.2, 0.25) is 0 Å². The van der Waals surface area contributed by atoms with E-state index in [0.717, 1.165) is 23.9 Å². The molecule has 10 nitrogen and oxygen atoms in total. The molecule has 0 saturated carbocycles. The number of likely N-dealkylation sites (tertiary alicyclic amines) is 1. The molecule has 41 heavy (non-hydrogen) atoms. The Hall–Kier alpha value is -3.18. The van der Waals surface area contributed by atoms with Crippen molar-refractivity contribution < 1.29 is 24.2 Å². The molecular weight excluding hydrogens is 542 g/mol. The lowest BCUT2D eigenvalue weighted by Crippen LogP contribution is -2.55. The van der Waals surface area contributed by atoms with Crippen molar-refractivity contribution in [2.24, 2.45) is 11.8 Å². The van der Waals surface area contributed by atoms with Crippen LogP contribution in [0, 0.1) is 11.8 Å². The molecule has 5 atom stereocenters. The molecule has 3 fully saturated rings. The summed E-state index contributed by atoms with van der Waals surface area (Å²) in [5.41, 5.74) is 1.54. The van der Waals surface area contributed by atoms with E-state index in [1.54, 1.807) is 38.4 Å². The second-order valence-electron chi connectivity index (χ2n) is 11.4. The highest BCUT2D eigenvalue weighted by atomic mass is 32.2. The van der Waals surface area contributed by atoms with Gasteiger partial charge in [-0.2, -0.15) is 0 Å². The van der Waals surface area contributed by atoms with E-state index >= 15 is 0 Å². The number of carbonyl (C=O) groups is 3. The molecule has 3 aliphatic rings. The summed E-state index contributed by atoms with van der Waals surface area (Å²) in [7, 11) is 0. The van der Waals surface area contributed by atoms with Crippen molar-refractivity contribution in [2.45, 2.75) is 67.7 Å². The first-order valence-electron chi connectivity index (χ1n) is 14.4. The lowest BCUT2D eigenvalue weighted by Gasteiger charge is -2.37. The molecular formula is C30H39N5O5S. The number of amides is 2. The number of ether oxygens (including phenoxy) is 1. The van der Waals surface area contributed by atoms with Gasteiger partial charge in [0.05, 0.1) is 28.7 Å². The summed E-state index contributed by atoms with van der Waals surface area (Å²) in [6.07, 6.45) is 7.32. The summed E-state index contributed by atoms with van der Waals surface area (Å²) in [6.45, 7) is 10.7. The van der Waals surface area contributed by atoms with Gasteiger partial charge in [-0.15, -0.1) is 30.0 Å². The van der Waals surface area contributed by atoms with Crippen LogP contribution in [0.1, 0.15) is 45.4 Å². The van der Waals surface area contributed by atoms with Crippen LogP contribution in [0.4, 0.5) is 0 Å². The van der Waals surface area contributed by atoms with Gasteiger partial charge >= 0.3 is 5.97 Å². The molecule has 5 rings (SSSR count). The van der Waals surface area contributed by atoms with Crippen molar-refractivity contribution in [2.75, 3.05) is 26.3 Å². The van der Waals surface area contributed by atoms with Crippen molar-refractivity contribution in [3.05, 3.63) is 49.6 Å². The number of hydrogen-bond donors (Lipinski definition) is 1. The van der Waals surface area contributed by atoms with E-state index in [2.05, 4.69) is 23.5 Å². The van der Waals surface area contributed by atoms with Gasteiger partial charge in [0.25, 0.3) is 0 Å². The van der Waals surface area contributed by atoms with Gasteiger partial charge in [-0.3, -0.25) is 14.4 Å². The number of unbranched alkanes of at least 4 members (excludes halogenated alkanes) is 2. The molecule has 220 valence electrons. The molecule has 1 aromatic carbocycles. The Balaban J connectivity index is 1.49. The fraction of sp³-hybridized carbons (Fsp3) is 0.567. The van der Waals surface area contributed by atoms with Crippen molar-refractivity contribution in [3.63, 3.8) is 0 Å². The predicted octanol–water partition coefficient (Wildman–Crippen LogP) is 3.17. The third-order valence-corrected chi connectivity index (χ3v) is 10.8. The highest BCUT2D eigenvalue weighted by Gasteiger charge is 2.77. The van der Waals surface area contributed by atoms with Gasteiger partial charge < -0.3 is 19.6 Å². The lowest BCUT2D eigenvalue weighted by molar-refractivity contribution is -0.155. The number of carbonyl (C=O) groups excluding carboxylic acids is 3. The fourth-order valence-corrected chi connectivity index (χ4v) is 9.28. The molecule has 11 heteroatoms. The highest BCUT2D eigenvalue weighted by molar-refractivity contribution is 8.02. The number of aromatic nitrogens is 3. The van der Waals surface area contributed by atoms with E-state index in [1.807, 2.05) is 31.2 Å². The fourth-order valence-electron chi connectivity index (χ4n) is 6.94. The van der Waals surface area contributed by atoms with Gasteiger partial charge in [-0.1, -0.05) is 29.5 Å². The van der Waals surface area contributed by atoms with E-state index in [4.69, 9.17) is 4.74 Å². The molecule has 2 unspecified atom stereocenters. The van der Waals surface area contributed by atoms with Crippen molar-refractivity contribution in [3.8, 4) is 0 Å². The number of nitrogens with zero attached hydrogens (tertiary/aromatic N) is 5. The van der Waals surface area contributed by atoms with Crippen LogP contribution < -0.4 is 0 Å². The van der Waals surface area contributed by atoms with E-state index in [-0.39, 0.29) is 44.2 Å². The number of aliphatic hydroxyl groups is 1. The monoisotopic (exact) mass is 581 g/mol. The zero-order valence-corrected chi connectivity index (χ0v) is 24.4. The zero-order valence-electron chi connectivity index (χ0n) is 23.6. The maximum Gasteiger partial charge on any atom is 0.311 e. The van der Waals surface area contributed by atoms with Crippen LogP contribution >= 0.6 is 11.8 Å². The van der Waals surface area contributed by atoms with Gasteiger partial charge in [0.15, 0.2) is 0 Å². The Bertz CT molecular complexity index is 1330. The summed E-state index contributed by atoms with van der Waals surface area (Å²) in [4.78, 5) is 45.7. The number of fused-ring (bicyclic) bond motifs is 2. The summed E-state index contributed by atoms with van der Waals surface area (Å²) in [6, 6.07) is 6.83. The van der Waals surface area contributed by atoms with E-state index in [9.17, 15) is 19.5 Å². The number of aliphatic hydroxyl groups excluding tert-OH is 1. The van der Waals surface area contributed by atoms with Crippen LogP contribution in [0.3, 0.4) is 0 Å². The lowest BCUT2D eigenvalue weighted by atomic mass is 9.66. The maximum atomic E-state index is 14.6. The maximum absolute atomic E-state index is 14.6. The highest BCUT2D eigenvalue weighted by Crippen LogP contribution is 2.71. The van der Waals surface area contributed by atoms with Crippen molar-refractivity contribution in [1.29, 1.82) is 0 Å². The molecule has 2 bridgehead atoms. The number of para-hydroxylation sites is 1. The van der Waals surface area contributed by atoms with Crippen LogP contribution in [0.15, 0.2) is 49.6 Å². The molecule has 2 amide bonds. The molecule has 1 aromatic heterocycles.